The maximum Gasteiger partial charge on any atom is 0.164 e. The summed E-state index contributed by atoms with van der Waals surface area (Å²) >= 11 is 0. The Morgan fingerprint density at radius 1 is 1.33 bits per heavy atom. The highest BCUT2D eigenvalue weighted by Gasteiger charge is 2.35. The Kier molecular flexibility index (Phi) is 4.66. The first-order chi connectivity index (χ1) is 7.07. The van der Waals surface area contributed by atoms with Gasteiger partial charge in [0.05, 0.1) is 0 Å². The molecule has 15 heavy (non-hydrogen) atoms. The minimum absolute atomic E-state index is 0.169. The molecule has 1 saturated heterocycles. The summed E-state index contributed by atoms with van der Waals surface area (Å²) < 4.78 is 0. The average Bonchev–Trinajstić information content (AvgIpc) is 2.18. The Morgan fingerprint density at radius 2 is 1.93 bits per heavy atom. The zero-order valence-electron chi connectivity index (χ0n) is 9.89. The van der Waals surface area contributed by atoms with Crippen LogP contribution in [0.15, 0.2) is 0 Å². The molecule has 0 aromatic carbocycles. The summed E-state index contributed by atoms with van der Waals surface area (Å²) in [5, 5.41) is 9.54. The van der Waals surface area contributed by atoms with E-state index in [1.165, 1.54) is 0 Å². The van der Waals surface area contributed by atoms with Crippen molar-refractivity contribution in [3.05, 3.63) is 0 Å². The van der Waals surface area contributed by atoms with Crippen LogP contribution in [0.25, 0.3) is 0 Å². The molecule has 0 radical (unpaired) electrons. The van der Waals surface area contributed by atoms with Gasteiger partial charge in [-0.2, -0.15) is 0 Å². The van der Waals surface area contributed by atoms with Crippen molar-refractivity contribution in [1.29, 1.82) is 0 Å². The number of nitrogens with zero attached hydrogens (tertiary/aromatic N) is 1. The number of hydrogen-bond donors (Lipinski definition) is 3. The lowest BCUT2D eigenvalue weighted by Crippen LogP contribution is -2.69. The van der Waals surface area contributed by atoms with Crippen LogP contribution in [-0.4, -0.2) is 50.3 Å². The number of carbonyl (C=O) groups is 1. The topological polar surface area (TPSA) is 56.4 Å². The molecule has 1 rings (SSSR count). The van der Waals surface area contributed by atoms with Gasteiger partial charge in [0.25, 0.3) is 0 Å². The van der Waals surface area contributed by atoms with Crippen LogP contribution in [-0.2, 0) is 4.79 Å². The van der Waals surface area contributed by atoms with Crippen molar-refractivity contribution in [2.45, 2.75) is 25.4 Å². The molecule has 3 N–H and O–H groups in total. The summed E-state index contributed by atoms with van der Waals surface area (Å²) in [5.41, 5.74) is -0.513. The van der Waals surface area contributed by atoms with E-state index in [1.807, 2.05) is 14.1 Å². The standard InChI is InChI=1S/C10H22N4O/c1-9(15)10(5-4-6-14(2)3)12-7-11-8-13-10/h11-13H,4-8H2,1-3H3. The molecule has 1 aliphatic heterocycles. The van der Waals surface area contributed by atoms with E-state index in [2.05, 4.69) is 20.9 Å². The molecule has 1 heterocycles. The van der Waals surface area contributed by atoms with Crippen molar-refractivity contribution in [2.75, 3.05) is 34.0 Å². The Bertz CT molecular complexity index is 211. The molecule has 0 spiro atoms. The van der Waals surface area contributed by atoms with Crippen LogP contribution in [0.3, 0.4) is 0 Å². The number of rotatable bonds is 5. The Balaban J connectivity index is 2.46. The SMILES string of the molecule is CC(=O)C1(CCCN(C)C)NCNCN1. The Hall–Kier alpha value is -0.490. The van der Waals surface area contributed by atoms with Gasteiger partial charge >= 0.3 is 0 Å². The summed E-state index contributed by atoms with van der Waals surface area (Å²) in [6, 6.07) is 0. The van der Waals surface area contributed by atoms with Crippen molar-refractivity contribution in [3.63, 3.8) is 0 Å². The minimum atomic E-state index is -0.513. The highest BCUT2D eigenvalue weighted by molar-refractivity contribution is 5.85. The summed E-state index contributed by atoms with van der Waals surface area (Å²) in [6.07, 6.45) is 1.84. The molecule has 0 saturated carbocycles. The quantitative estimate of drug-likeness (QED) is 0.566. The van der Waals surface area contributed by atoms with Gasteiger partial charge in [-0.1, -0.05) is 0 Å². The lowest BCUT2D eigenvalue weighted by molar-refractivity contribution is -0.126. The molecule has 0 amide bonds. The van der Waals surface area contributed by atoms with Gasteiger partial charge in [-0.3, -0.25) is 20.7 Å². The zero-order valence-corrected chi connectivity index (χ0v) is 9.89. The fourth-order valence-electron chi connectivity index (χ4n) is 1.81. The molecular weight excluding hydrogens is 192 g/mol. The molecule has 0 aromatic rings. The lowest BCUT2D eigenvalue weighted by Gasteiger charge is -2.38. The molecule has 5 nitrogen and oxygen atoms in total. The Labute approximate surface area is 91.6 Å². The molecule has 0 aliphatic carbocycles. The van der Waals surface area contributed by atoms with Crippen LogP contribution < -0.4 is 16.0 Å². The van der Waals surface area contributed by atoms with Crippen LogP contribution in [0.4, 0.5) is 0 Å². The lowest BCUT2D eigenvalue weighted by atomic mass is 9.98. The first kappa shape index (κ1) is 12.6. The summed E-state index contributed by atoms with van der Waals surface area (Å²) in [6.45, 7) is 4.02. The van der Waals surface area contributed by atoms with E-state index in [4.69, 9.17) is 0 Å². The highest BCUT2D eigenvalue weighted by Crippen LogP contribution is 2.12. The predicted molar refractivity (Wildman–Crippen MR) is 60.3 cm³/mol. The second kappa shape index (κ2) is 5.55. The number of Topliss-reactive ketones (excluding diaryl/α,β-unsaturated/α-hetero) is 1. The number of ketones is 1. The van der Waals surface area contributed by atoms with Gasteiger partial charge in [0.15, 0.2) is 5.78 Å². The fraction of sp³-hybridized carbons (Fsp3) is 0.900. The van der Waals surface area contributed by atoms with E-state index in [0.717, 1.165) is 19.4 Å². The second-order valence-corrected chi connectivity index (χ2v) is 4.33. The van der Waals surface area contributed by atoms with Gasteiger partial charge < -0.3 is 4.90 Å². The molecule has 0 bridgehead atoms. The highest BCUT2D eigenvalue weighted by atomic mass is 16.1. The fourth-order valence-corrected chi connectivity index (χ4v) is 1.81. The molecule has 1 aliphatic rings. The van der Waals surface area contributed by atoms with Crippen LogP contribution in [0.5, 0.6) is 0 Å². The van der Waals surface area contributed by atoms with Gasteiger partial charge in [0.1, 0.15) is 5.66 Å². The van der Waals surface area contributed by atoms with Crippen molar-refractivity contribution < 1.29 is 4.79 Å². The van der Waals surface area contributed by atoms with Crippen molar-refractivity contribution in [3.8, 4) is 0 Å². The predicted octanol–water partition coefficient (Wildman–Crippen LogP) is -0.689. The summed E-state index contributed by atoms with van der Waals surface area (Å²) in [5.74, 6) is 0.169. The third-order valence-electron chi connectivity index (χ3n) is 2.79. The molecule has 5 heteroatoms. The van der Waals surface area contributed by atoms with Crippen LogP contribution in [0.1, 0.15) is 19.8 Å². The van der Waals surface area contributed by atoms with Gasteiger partial charge in [0, 0.05) is 13.3 Å². The van der Waals surface area contributed by atoms with Gasteiger partial charge in [0.2, 0.25) is 0 Å². The number of hydrogen-bond acceptors (Lipinski definition) is 5. The van der Waals surface area contributed by atoms with Crippen molar-refractivity contribution in [1.82, 2.24) is 20.9 Å². The van der Waals surface area contributed by atoms with Crippen molar-refractivity contribution in [2.24, 2.45) is 0 Å². The molecule has 0 aromatic heterocycles. The van der Waals surface area contributed by atoms with E-state index in [9.17, 15) is 4.79 Å². The van der Waals surface area contributed by atoms with Crippen molar-refractivity contribution >= 4 is 5.78 Å². The van der Waals surface area contributed by atoms with Crippen LogP contribution in [0, 0.1) is 0 Å². The van der Waals surface area contributed by atoms with E-state index < -0.39 is 5.66 Å². The largest absolute Gasteiger partial charge is 0.309 e. The van der Waals surface area contributed by atoms with E-state index in [-0.39, 0.29) is 5.78 Å². The maximum atomic E-state index is 11.6. The zero-order chi connectivity index (χ0) is 11.3. The molecule has 88 valence electrons. The maximum absolute atomic E-state index is 11.6. The smallest absolute Gasteiger partial charge is 0.164 e. The van der Waals surface area contributed by atoms with Crippen LogP contribution in [0.2, 0.25) is 0 Å². The first-order valence-corrected chi connectivity index (χ1v) is 5.43. The van der Waals surface area contributed by atoms with E-state index in [0.29, 0.717) is 13.3 Å². The van der Waals surface area contributed by atoms with E-state index in [1.54, 1.807) is 6.92 Å². The third-order valence-corrected chi connectivity index (χ3v) is 2.79. The Morgan fingerprint density at radius 3 is 2.40 bits per heavy atom. The second-order valence-electron chi connectivity index (χ2n) is 4.33. The number of carbonyl (C=O) groups excluding carboxylic acids is 1. The molecular formula is C10H22N4O. The first-order valence-electron chi connectivity index (χ1n) is 5.43. The summed E-state index contributed by atoms with van der Waals surface area (Å²) in [7, 11) is 4.09. The van der Waals surface area contributed by atoms with Gasteiger partial charge in [-0.15, -0.1) is 0 Å². The average molecular weight is 214 g/mol. The van der Waals surface area contributed by atoms with Gasteiger partial charge in [-0.05, 0) is 40.4 Å². The summed E-state index contributed by atoms with van der Waals surface area (Å²) in [4.78, 5) is 13.8. The molecule has 0 atom stereocenters. The normalized spacial score (nSPS) is 20.5. The van der Waals surface area contributed by atoms with Crippen LogP contribution >= 0.6 is 0 Å². The molecule has 1 fully saturated rings. The molecule has 0 unspecified atom stereocenters. The van der Waals surface area contributed by atoms with E-state index >= 15 is 0 Å². The third kappa shape index (κ3) is 3.53. The van der Waals surface area contributed by atoms with Gasteiger partial charge in [-0.25, -0.2) is 0 Å². The monoisotopic (exact) mass is 214 g/mol. The minimum Gasteiger partial charge on any atom is -0.309 e. The number of nitrogens with one attached hydrogen (secondary N) is 3.